The van der Waals surface area contributed by atoms with Gasteiger partial charge in [0.25, 0.3) is 5.91 Å². The normalized spacial score (nSPS) is 9.19. The number of hydrogen-bond acceptors (Lipinski definition) is 2. The van der Waals surface area contributed by atoms with Crippen molar-refractivity contribution in [3.8, 4) is 11.8 Å². The molecule has 2 N–H and O–H groups in total. The van der Waals surface area contributed by atoms with Gasteiger partial charge in [-0.2, -0.15) is 0 Å². The predicted octanol–water partition coefficient (Wildman–Crippen LogP) is 1.09. The molecule has 16 heavy (non-hydrogen) atoms. The lowest BCUT2D eigenvalue weighted by molar-refractivity contribution is 0.0802. The molecule has 1 aromatic carbocycles. The SMILES string of the molecule is CCN(C)C(=O)c1ccccc1C#CCN. The van der Waals surface area contributed by atoms with Crippen LogP contribution in [0, 0.1) is 11.8 Å². The average Bonchev–Trinajstić information content (AvgIpc) is 2.34. The van der Waals surface area contributed by atoms with E-state index in [0.29, 0.717) is 18.7 Å². The molecule has 1 rings (SSSR count). The van der Waals surface area contributed by atoms with Gasteiger partial charge in [-0.1, -0.05) is 24.0 Å². The van der Waals surface area contributed by atoms with E-state index in [0.717, 1.165) is 5.56 Å². The van der Waals surface area contributed by atoms with Crippen LogP contribution in [0.15, 0.2) is 24.3 Å². The van der Waals surface area contributed by atoms with Crippen molar-refractivity contribution < 1.29 is 4.79 Å². The number of nitrogens with zero attached hydrogens (tertiary/aromatic N) is 1. The first-order valence-electron chi connectivity index (χ1n) is 5.24. The van der Waals surface area contributed by atoms with Gasteiger partial charge in [0.15, 0.2) is 0 Å². The maximum absolute atomic E-state index is 12.0. The van der Waals surface area contributed by atoms with Gasteiger partial charge in [-0.3, -0.25) is 4.79 Å². The Labute approximate surface area is 96.2 Å². The molecule has 0 heterocycles. The molecule has 0 atom stereocenters. The van der Waals surface area contributed by atoms with Gasteiger partial charge in [0.2, 0.25) is 0 Å². The second-order valence-corrected chi connectivity index (χ2v) is 3.37. The fourth-order valence-corrected chi connectivity index (χ4v) is 1.27. The molecule has 3 nitrogen and oxygen atoms in total. The summed E-state index contributed by atoms with van der Waals surface area (Å²) >= 11 is 0. The molecule has 0 fully saturated rings. The van der Waals surface area contributed by atoms with E-state index in [1.807, 2.05) is 25.1 Å². The number of hydrogen-bond donors (Lipinski definition) is 1. The van der Waals surface area contributed by atoms with E-state index in [2.05, 4.69) is 11.8 Å². The summed E-state index contributed by atoms with van der Waals surface area (Å²) in [6.07, 6.45) is 0. The summed E-state index contributed by atoms with van der Waals surface area (Å²) in [5.41, 5.74) is 6.69. The van der Waals surface area contributed by atoms with Gasteiger partial charge < -0.3 is 10.6 Å². The third-order valence-electron chi connectivity index (χ3n) is 2.30. The van der Waals surface area contributed by atoms with E-state index in [4.69, 9.17) is 5.73 Å². The van der Waals surface area contributed by atoms with Gasteiger partial charge in [-0.05, 0) is 19.1 Å². The zero-order valence-electron chi connectivity index (χ0n) is 9.66. The number of nitrogens with two attached hydrogens (primary N) is 1. The molecular formula is C13H16N2O. The van der Waals surface area contributed by atoms with Crippen LogP contribution in [0.5, 0.6) is 0 Å². The molecule has 0 unspecified atom stereocenters. The van der Waals surface area contributed by atoms with Gasteiger partial charge in [0.1, 0.15) is 0 Å². The Morgan fingerprint density at radius 2 is 2.12 bits per heavy atom. The van der Waals surface area contributed by atoms with E-state index < -0.39 is 0 Å². The Morgan fingerprint density at radius 1 is 1.44 bits per heavy atom. The van der Waals surface area contributed by atoms with Gasteiger partial charge in [0.05, 0.1) is 12.1 Å². The minimum Gasteiger partial charge on any atom is -0.342 e. The largest absolute Gasteiger partial charge is 0.342 e. The van der Waals surface area contributed by atoms with Crippen molar-refractivity contribution in [2.75, 3.05) is 20.1 Å². The van der Waals surface area contributed by atoms with Crippen molar-refractivity contribution >= 4 is 5.91 Å². The van der Waals surface area contributed by atoms with Crippen LogP contribution in [0.1, 0.15) is 22.8 Å². The van der Waals surface area contributed by atoms with Crippen LogP contribution in [-0.4, -0.2) is 30.9 Å². The lowest BCUT2D eigenvalue weighted by Gasteiger charge is -2.15. The highest BCUT2D eigenvalue weighted by Crippen LogP contribution is 2.09. The molecule has 0 aliphatic carbocycles. The summed E-state index contributed by atoms with van der Waals surface area (Å²) in [5.74, 6) is 5.66. The number of carbonyl (C=O) groups is 1. The van der Waals surface area contributed by atoms with Crippen molar-refractivity contribution in [2.45, 2.75) is 6.92 Å². The second-order valence-electron chi connectivity index (χ2n) is 3.37. The number of rotatable bonds is 2. The molecule has 0 saturated carbocycles. The standard InChI is InChI=1S/C13H16N2O/c1-3-15(2)13(16)12-9-5-4-7-11(12)8-6-10-14/h4-5,7,9H,3,10,14H2,1-2H3. The molecule has 1 amide bonds. The summed E-state index contributed by atoms with van der Waals surface area (Å²) < 4.78 is 0. The lowest BCUT2D eigenvalue weighted by Crippen LogP contribution is -2.26. The van der Waals surface area contributed by atoms with Crippen molar-refractivity contribution in [1.29, 1.82) is 0 Å². The molecule has 0 aliphatic heterocycles. The van der Waals surface area contributed by atoms with Crippen molar-refractivity contribution in [3.63, 3.8) is 0 Å². The highest BCUT2D eigenvalue weighted by Gasteiger charge is 2.12. The smallest absolute Gasteiger partial charge is 0.254 e. The van der Waals surface area contributed by atoms with Gasteiger partial charge in [-0.15, -0.1) is 0 Å². The Morgan fingerprint density at radius 3 is 2.75 bits per heavy atom. The van der Waals surface area contributed by atoms with Crippen LogP contribution in [0.25, 0.3) is 0 Å². The molecule has 3 heteroatoms. The molecule has 0 aliphatic rings. The summed E-state index contributed by atoms with van der Waals surface area (Å²) in [6, 6.07) is 7.32. The van der Waals surface area contributed by atoms with E-state index in [9.17, 15) is 4.79 Å². The highest BCUT2D eigenvalue weighted by atomic mass is 16.2. The van der Waals surface area contributed by atoms with Crippen LogP contribution in [-0.2, 0) is 0 Å². The molecule has 84 valence electrons. The molecular weight excluding hydrogens is 200 g/mol. The van der Waals surface area contributed by atoms with Crippen molar-refractivity contribution in [2.24, 2.45) is 5.73 Å². The number of amides is 1. The van der Waals surface area contributed by atoms with E-state index in [1.165, 1.54) is 0 Å². The van der Waals surface area contributed by atoms with Gasteiger partial charge in [0, 0.05) is 19.2 Å². The first-order chi connectivity index (χ1) is 7.70. The first-order valence-corrected chi connectivity index (χ1v) is 5.24. The minimum atomic E-state index is -0.00979. The monoisotopic (exact) mass is 216 g/mol. The molecule has 1 aromatic rings. The molecule has 0 saturated heterocycles. The van der Waals surface area contributed by atoms with Crippen LogP contribution in [0.3, 0.4) is 0 Å². The molecule has 0 aromatic heterocycles. The summed E-state index contributed by atoms with van der Waals surface area (Å²) in [6.45, 7) is 2.91. The Bertz CT molecular complexity index is 429. The first kappa shape index (κ1) is 12.3. The number of benzene rings is 1. The van der Waals surface area contributed by atoms with Gasteiger partial charge in [-0.25, -0.2) is 0 Å². The topological polar surface area (TPSA) is 46.3 Å². The Kier molecular flexibility index (Phi) is 4.56. The highest BCUT2D eigenvalue weighted by molar-refractivity contribution is 5.96. The minimum absolute atomic E-state index is 0.00979. The van der Waals surface area contributed by atoms with Crippen molar-refractivity contribution in [3.05, 3.63) is 35.4 Å². The third kappa shape index (κ3) is 2.85. The Hall–Kier alpha value is -1.79. The lowest BCUT2D eigenvalue weighted by atomic mass is 10.1. The second kappa shape index (κ2) is 5.94. The zero-order valence-corrected chi connectivity index (χ0v) is 9.66. The summed E-state index contributed by atoms with van der Waals surface area (Å²) in [4.78, 5) is 13.6. The fourth-order valence-electron chi connectivity index (χ4n) is 1.27. The maximum Gasteiger partial charge on any atom is 0.254 e. The average molecular weight is 216 g/mol. The maximum atomic E-state index is 12.0. The molecule has 0 radical (unpaired) electrons. The van der Waals surface area contributed by atoms with E-state index >= 15 is 0 Å². The molecule has 0 bridgehead atoms. The van der Waals surface area contributed by atoms with Crippen LogP contribution in [0.4, 0.5) is 0 Å². The quantitative estimate of drug-likeness (QED) is 0.752. The molecule has 0 spiro atoms. The van der Waals surface area contributed by atoms with Gasteiger partial charge >= 0.3 is 0 Å². The predicted molar refractivity (Wildman–Crippen MR) is 65.0 cm³/mol. The van der Waals surface area contributed by atoms with Crippen LogP contribution >= 0.6 is 0 Å². The van der Waals surface area contributed by atoms with E-state index in [-0.39, 0.29) is 5.91 Å². The van der Waals surface area contributed by atoms with Crippen LogP contribution in [0.2, 0.25) is 0 Å². The van der Waals surface area contributed by atoms with Crippen LogP contribution < -0.4 is 5.73 Å². The third-order valence-corrected chi connectivity index (χ3v) is 2.30. The fraction of sp³-hybridized carbons (Fsp3) is 0.308. The summed E-state index contributed by atoms with van der Waals surface area (Å²) in [7, 11) is 1.77. The Balaban J connectivity index is 3.08. The summed E-state index contributed by atoms with van der Waals surface area (Å²) in [5, 5.41) is 0. The van der Waals surface area contributed by atoms with E-state index in [1.54, 1.807) is 18.0 Å². The number of carbonyl (C=O) groups excluding carboxylic acids is 1. The van der Waals surface area contributed by atoms with Crippen molar-refractivity contribution in [1.82, 2.24) is 4.90 Å². The zero-order chi connectivity index (χ0) is 12.0.